The Labute approximate surface area is 253 Å². The summed E-state index contributed by atoms with van der Waals surface area (Å²) in [6.45, 7) is 0.705. The van der Waals surface area contributed by atoms with Crippen LogP contribution < -0.4 is 16.4 Å². The van der Waals surface area contributed by atoms with Gasteiger partial charge in [-0.2, -0.15) is 5.26 Å². The number of carbonyl (C=O) groups excluding carboxylic acids is 4. The Hall–Kier alpha value is -5.44. The van der Waals surface area contributed by atoms with Gasteiger partial charge >= 0.3 is 0 Å². The van der Waals surface area contributed by atoms with E-state index in [0.717, 1.165) is 36.3 Å². The molecule has 0 bridgehead atoms. The Morgan fingerprint density at radius 2 is 1.98 bits per heavy atom. The van der Waals surface area contributed by atoms with E-state index in [0.29, 0.717) is 40.3 Å². The third-order valence-corrected chi connectivity index (χ3v) is 8.36. The summed E-state index contributed by atoms with van der Waals surface area (Å²) in [6.07, 6.45) is 8.95. The maximum atomic E-state index is 13.0. The number of fused-ring (bicyclic) bond motifs is 2. The van der Waals surface area contributed by atoms with E-state index in [1.165, 1.54) is 6.20 Å². The maximum Gasteiger partial charge on any atom is 0.262 e. The number of para-hydroxylation sites is 1. The standard InChI is InChI=1S/C32H30N8O4/c33-14-19-4-1-5-25-29(19)37-17-26(38-25)20(15-34)16-36-22-11-18(12-22)3-2-10-35-21-6-7-23-24(13-21)32(44)40(31(23)43)27-8-9-28(41)39-30(27)42/h1,4-7,13,15-18,22,27,35H,2-3,8-12,34H2,(H,39,41,42). The van der Waals surface area contributed by atoms with Crippen molar-refractivity contribution in [3.8, 4) is 6.07 Å². The summed E-state index contributed by atoms with van der Waals surface area (Å²) >= 11 is 0. The minimum atomic E-state index is -0.976. The predicted molar refractivity (Wildman–Crippen MR) is 162 cm³/mol. The first kappa shape index (κ1) is 28.7. The molecule has 12 heteroatoms. The number of aliphatic imine (C=N–C) groups is 1. The molecule has 1 atom stereocenters. The van der Waals surface area contributed by atoms with E-state index in [2.05, 4.69) is 26.7 Å². The number of hydrogen-bond donors (Lipinski definition) is 3. The Balaban J connectivity index is 0.962. The molecule has 1 saturated carbocycles. The van der Waals surface area contributed by atoms with Crippen LogP contribution in [0.2, 0.25) is 0 Å². The average molecular weight is 591 g/mol. The van der Waals surface area contributed by atoms with Gasteiger partial charge in [0.15, 0.2) is 0 Å². The normalized spacial score (nSPS) is 21.8. The first-order valence-electron chi connectivity index (χ1n) is 14.6. The van der Waals surface area contributed by atoms with Crippen molar-refractivity contribution in [2.45, 2.75) is 50.6 Å². The molecular formula is C32H30N8O4. The van der Waals surface area contributed by atoms with Crippen LogP contribution in [0.5, 0.6) is 0 Å². The van der Waals surface area contributed by atoms with Gasteiger partial charge in [-0.15, -0.1) is 0 Å². The van der Waals surface area contributed by atoms with Gasteiger partial charge in [0.2, 0.25) is 11.8 Å². The third-order valence-electron chi connectivity index (χ3n) is 8.36. The second-order valence-corrected chi connectivity index (χ2v) is 11.2. The Bertz CT molecular complexity index is 1790. The van der Waals surface area contributed by atoms with Crippen LogP contribution in [0.3, 0.4) is 0 Å². The first-order valence-corrected chi connectivity index (χ1v) is 14.6. The number of carbonyl (C=O) groups is 4. The van der Waals surface area contributed by atoms with Gasteiger partial charge in [-0.3, -0.25) is 39.4 Å². The number of benzene rings is 2. The zero-order valence-electron chi connectivity index (χ0n) is 23.8. The second kappa shape index (κ2) is 12.0. The lowest BCUT2D eigenvalue weighted by molar-refractivity contribution is -0.136. The summed E-state index contributed by atoms with van der Waals surface area (Å²) in [4.78, 5) is 64.3. The highest BCUT2D eigenvalue weighted by atomic mass is 16.2. The molecule has 1 saturated heterocycles. The molecule has 0 radical (unpaired) electrons. The smallest absolute Gasteiger partial charge is 0.262 e. The molecule has 0 spiro atoms. The monoisotopic (exact) mass is 590 g/mol. The fourth-order valence-electron chi connectivity index (χ4n) is 5.91. The fourth-order valence-corrected chi connectivity index (χ4v) is 5.91. The van der Waals surface area contributed by atoms with Crippen molar-refractivity contribution in [1.29, 1.82) is 5.26 Å². The van der Waals surface area contributed by atoms with Crippen LogP contribution in [-0.4, -0.2) is 63.3 Å². The summed E-state index contributed by atoms with van der Waals surface area (Å²) in [5, 5.41) is 14.8. The van der Waals surface area contributed by atoms with Gasteiger partial charge in [0.1, 0.15) is 17.6 Å². The minimum absolute atomic E-state index is 0.0859. The molecule has 1 unspecified atom stereocenters. The molecule has 2 aromatic carbocycles. The van der Waals surface area contributed by atoms with Gasteiger partial charge in [0, 0.05) is 36.6 Å². The van der Waals surface area contributed by atoms with E-state index in [1.54, 1.807) is 42.7 Å². The van der Waals surface area contributed by atoms with Gasteiger partial charge in [0.05, 0.1) is 40.1 Å². The zero-order chi connectivity index (χ0) is 30.8. The van der Waals surface area contributed by atoms with Crippen LogP contribution in [0, 0.1) is 17.2 Å². The molecule has 44 heavy (non-hydrogen) atoms. The van der Waals surface area contributed by atoms with E-state index in [4.69, 9.17) is 10.7 Å². The summed E-state index contributed by atoms with van der Waals surface area (Å²) in [6, 6.07) is 11.7. The van der Waals surface area contributed by atoms with E-state index in [9.17, 15) is 24.4 Å². The molecule has 1 aliphatic carbocycles. The summed E-state index contributed by atoms with van der Waals surface area (Å²) in [5.74, 6) is -1.49. The lowest BCUT2D eigenvalue weighted by atomic mass is 9.78. The van der Waals surface area contributed by atoms with Crippen LogP contribution in [0.1, 0.15) is 70.5 Å². The number of aromatic nitrogens is 2. The molecule has 4 N–H and O–H groups in total. The quantitative estimate of drug-likeness (QED) is 0.192. The van der Waals surface area contributed by atoms with Gasteiger partial charge in [-0.1, -0.05) is 6.07 Å². The van der Waals surface area contributed by atoms with Crippen molar-refractivity contribution < 1.29 is 19.2 Å². The number of nitrogens with two attached hydrogens (primary N) is 1. The van der Waals surface area contributed by atoms with Crippen molar-refractivity contribution in [3.05, 3.63) is 71.2 Å². The fraction of sp³-hybridized carbons (Fsp3) is 0.312. The average Bonchev–Trinajstić information content (AvgIpc) is 3.25. The van der Waals surface area contributed by atoms with E-state index < -0.39 is 29.7 Å². The number of nitriles is 1. The van der Waals surface area contributed by atoms with E-state index in [1.807, 2.05) is 6.07 Å². The maximum absolute atomic E-state index is 13.0. The molecule has 222 valence electrons. The largest absolute Gasteiger partial charge is 0.404 e. The van der Waals surface area contributed by atoms with Crippen molar-refractivity contribution in [2.75, 3.05) is 11.9 Å². The molecule has 2 aliphatic heterocycles. The van der Waals surface area contributed by atoms with Gasteiger partial charge in [-0.25, -0.2) is 4.98 Å². The number of anilines is 1. The van der Waals surface area contributed by atoms with E-state index >= 15 is 0 Å². The highest BCUT2D eigenvalue weighted by Crippen LogP contribution is 2.34. The molecule has 4 amide bonds. The molecule has 12 nitrogen and oxygen atoms in total. The molecule has 3 aromatic rings. The van der Waals surface area contributed by atoms with Crippen molar-refractivity contribution in [1.82, 2.24) is 20.2 Å². The van der Waals surface area contributed by atoms with Crippen molar-refractivity contribution in [2.24, 2.45) is 16.6 Å². The molecular weight excluding hydrogens is 560 g/mol. The number of rotatable bonds is 9. The summed E-state index contributed by atoms with van der Waals surface area (Å²) in [7, 11) is 0. The lowest BCUT2D eigenvalue weighted by Gasteiger charge is -2.32. The van der Waals surface area contributed by atoms with Crippen LogP contribution in [0.25, 0.3) is 16.6 Å². The number of amides is 4. The van der Waals surface area contributed by atoms with Crippen LogP contribution in [-0.2, 0) is 9.59 Å². The number of piperidine rings is 1. The Kier molecular flexibility index (Phi) is 7.85. The second-order valence-electron chi connectivity index (χ2n) is 11.2. The molecule has 3 aliphatic rings. The van der Waals surface area contributed by atoms with Gasteiger partial charge < -0.3 is 11.1 Å². The van der Waals surface area contributed by atoms with E-state index in [-0.39, 0.29) is 30.0 Å². The topological polar surface area (TPSA) is 184 Å². The summed E-state index contributed by atoms with van der Waals surface area (Å²) < 4.78 is 0. The number of nitrogens with zero attached hydrogens (tertiary/aromatic N) is 5. The molecule has 6 rings (SSSR count). The highest BCUT2D eigenvalue weighted by molar-refractivity contribution is 6.23. The van der Waals surface area contributed by atoms with Gasteiger partial charge in [-0.05, 0) is 68.4 Å². The van der Waals surface area contributed by atoms with Crippen LogP contribution >= 0.6 is 0 Å². The number of allylic oxidation sites excluding steroid dienone is 1. The van der Waals surface area contributed by atoms with Crippen molar-refractivity contribution >= 4 is 52.1 Å². The van der Waals surface area contributed by atoms with Crippen molar-refractivity contribution in [3.63, 3.8) is 0 Å². The number of nitrogens with one attached hydrogen (secondary N) is 2. The third kappa shape index (κ3) is 5.51. The van der Waals surface area contributed by atoms with Crippen LogP contribution in [0.4, 0.5) is 5.69 Å². The highest BCUT2D eigenvalue weighted by Gasteiger charge is 2.44. The summed E-state index contributed by atoms with van der Waals surface area (Å²) in [5.41, 5.74) is 10.0. The molecule has 3 heterocycles. The van der Waals surface area contributed by atoms with Crippen LogP contribution in [0.15, 0.2) is 53.8 Å². The predicted octanol–water partition coefficient (Wildman–Crippen LogP) is 2.94. The molecule has 2 fully saturated rings. The lowest BCUT2D eigenvalue weighted by Crippen LogP contribution is -2.54. The number of hydrogen-bond acceptors (Lipinski definition) is 10. The first-order chi connectivity index (χ1) is 21.4. The minimum Gasteiger partial charge on any atom is -0.404 e. The molecule has 1 aromatic heterocycles. The Morgan fingerprint density at radius 1 is 1.16 bits per heavy atom. The zero-order valence-corrected chi connectivity index (χ0v) is 23.8. The van der Waals surface area contributed by atoms with Gasteiger partial charge in [0.25, 0.3) is 11.8 Å². The Morgan fingerprint density at radius 3 is 2.75 bits per heavy atom. The SMILES string of the molecule is N#Cc1cccc2nc(C(C=NC3CC(CCCNc4ccc5c(c4)C(=O)N(C4CCC(=O)NC4=O)C5=O)C3)=CN)cnc12. The number of imide groups is 2.